The van der Waals surface area contributed by atoms with Crippen molar-refractivity contribution in [2.45, 2.75) is 18.7 Å². The fourth-order valence-electron chi connectivity index (χ4n) is 0.874. The summed E-state index contributed by atoms with van der Waals surface area (Å²) in [6.07, 6.45) is 0. The van der Waals surface area contributed by atoms with Gasteiger partial charge in [-0.15, -0.1) is 11.8 Å². The van der Waals surface area contributed by atoms with Crippen LogP contribution in [-0.4, -0.2) is 5.75 Å². The number of thioether (sulfide) groups is 1. The molecule has 0 spiro atoms. The van der Waals surface area contributed by atoms with Gasteiger partial charge in [0.15, 0.2) is 0 Å². The van der Waals surface area contributed by atoms with Gasteiger partial charge in [0.05, 0.1) is 0 Å². The molecule has 0 atom stereocenters. The lowest BCUT2D eigenvalue weighted by Crippen LogP contribution is -1.77. The molecule has 0 N–H and O–H groups in total. The molecule has 0 bridgehead atoms. The van der Waals surface area contributed by atoms with Crippen molar-refractivity contribution >= 4 is 23.4 Å². The fourth-order valence-corrected chi connectivity index (χ4v) is 1.75. The Labute approximate surface area is 77.0 Å². The summed E-state index contributed by atoms with van der Waals surface area (Å²) in [5.41, 5.74) is 1.16. The molecule has 60 valence electrons. The predicted molar refractivity (Wildman–Crippen MR) is 52.6 cm³/mol. The number of aryl methyl sites for hydroxylation is 1. The van der Waals surface area contributed by atoms with Crippen LogP contribution >= 0.6 is 23.4 Å². The summed E-state index contributed by atoms with van der Waals surface area (Å²) in [6.45, 7) is 4.18. The SMILES string of the molecule is CCSc1ccc(Cl)c(C)c1. The van der Waals surface area contributed by atoms with Crippen molar-refractivity contribution in [2.24, 2.45) is 0 Å². The minimum atomic E-state index is 0.852. The lowest BCUT2D eigenvalue weighted by Gasteiger charge is -2.00. The van der Waals surface area contributed by atoms with E-state index >= 15 is 0 Å². The molecule has 1 aromatic carbocycles. The maximum absolute atomic E-state index is 5.87. The first kappa shape index (κ1) is 8.95. The van der Waals surface area contributed by atoms with Crippen molar-refractivity contribution in [1.82, 2.24) is 0 Å². The Morgan fingerprint density at radius 1 is 1.45 bits per heavy atom. The maximum atomic E-state index is 5.87. The van der Waals surface area contributed by atoms with Gasteiger partial charge in [-0.05, 0) is 36.4 Å². The Morgan fingerprint density at radius 3 is 2.73 bits per heavy atom. The molecule has 0 unspecified atom stereocenters. The van der Waals surface area contributed by atoms with Gasteiger partial charge in [-0.2, -0.15) is 0 Å². The number of hydrogen-bond acceptors (Lipinski definition) is 1. The number of rotatable bonds is 2. The van der Waals surface area contributed by atoms with Crippen LogP contribution in [0.15, 0.2) is 23.1 Å². The minimum absolute atomic E-state index is 0.852. The largest absolute Gasteiger partial charge is 0.126 e. The van der Waals surface area contributed by atoms with Crippen LogP contribution in [0.2, 0.25) is 5.02 Å². The number of halogens is 1. The Balaban J connectivity index is 2.86. The third-order valence-electron chi connectivity index (χ3n) is 1.44. The summed E-state index contributed by atoms with van der Waals surface area (Å²) in [6, 6.07) is 6.13. The maximum Gasteiger partial charge on any atom is 0.0435 e. The molecule has 0 aliphatic carbocycles. The Kier molecular flexibility index (Phi) is 3.28. The molecule has 1 rings (SSSR count). The van der Waals surface area contributed by atoms with Crippen LogP contribution < -0.4 is 0 Å². The van der Waals surface area contributed by atoms with E-state index in [9.17, 15) is 0 Å². The van der Waals surface area contributed by atoms with E-state index in [1.165, 1.54) is 4.90 Å². The molecule has 0 nitrogen and oxygen atoms in total. The highest BCUT2D eigenvalue weighted by Crippen LogP contribution is 2.23. The first-order chi connectivity index (χ1) is 5.24. The van der Waals surface area contributed by atoms with Gasteiger partial charge in [0.1, 0.15) is 0 Å². The van der Waals surface area contributed by atoms with Gasteiger partial charge in [-0.3, -0.25) is 0 Å². The van der Waals surface area contributed by atoms with Crippen molar-refractivity contribution in [2.75, 3.05) is 5.75 Å². The van der Waals surface area contributed by atoms with Gasteiger partial charge in [0.25, 0.3) is 0 Å². The van der Waals surface area contributed by atoms with Crippen LogP contribution in [0.5, 0.6) is 0 Å². The molecule has 1 aromatic rings. The average molecular weight is 187 g/mol. The molecule has 0 aromatic heterocycles. The summed E-state index contributed by atoms with van der Waals surface area (Å²) in [7, 11) is 0. The third kappa shape index (κ3) is 2.42. The molecule has 0 radical (unpaired) electrons. The second-order valence-corrected chi connectivity index (χ2v) is 4.09. The number of hydrogen-bond donors (Lipinski definition) is 0. The smallest absolute Gasteiger partial charge is 0.0435 e. The lowest BCUT2D eigenvalue weighted by molar-refractivity contribution is 1.35. The Morgan fingerprint density at radius 2 is 2.18 bits per heavy atom. The Hall–Kier alpha value is -0.140. The van der Waals surface area contributed by atoms with E-state index in [1.807, 2.05) is 24.8 Å². The monoisotopic (exact) mass is 186 g/mol. The zero-order valence-corrected chi connectivity index (χ0v) is 8.30. The second-order valence-electron chi connectivity index (χ2n) is 2.34. The normalized spacial score (nSPS) is 10.1. The zero-order valence-electron chi connectivity index (χ0n) is 6.73. The molecule has 0 saturated heterocycles. The summed E-state index contributed by atoms with van der Waals surface area (Å²) >= 11 is 7.71. The summed E-state index contributed by atoms with van der Waals surface area (Å²) in [5, 5.41) is 0.852. The molecule has 2 heteroatoms. The van der Waals surface area contributed by atoms with E-state index in [2.05, 4.69) is 19.1 Å². The second kappa shape index (κ2) is 4.03. The van der Waals surface area contributed by atoms with Gasteiger partial charge in [0, 0.05) is 9.92 Å². The fraction of sp³-hybridized carbons (Fsp3) is 0.333. The van der Waals surface area contributed by atoms with Gasteiger partial charge < -0.3 is 0 Å². The molecule has 0 amide bonds. The topological polar surface area (TPSA) is 0 Å². The van der Waals surface area contributed by atoms with Crippen LogP contribution in [-0.2, 0) is 0 Å². The van der Waals surface area contributed by atoms with Crippen molar-refractivity contribution in [3.05, 3.63) is 28.8 Å². The molecular formula is C9H11ClS. The summed E-state index contributed by atoms with van der Waals surface area (Å²) in [5.74, 6) is 1.11. The quantitative estimate of drug-likeness (QED) is 0.634. The number of benzene rings is 1. The third-order valence-corrected chi connectivity index (χ3v) is 2.74. The van der Waals surface area contributed by atoms with Crippen molar-refractivity contribution < 1.29 is 0 Å². The highest BCUT2D eigenvalue weighted by molar-refractivity contribution is 7.99. The minimum Gasteiger partial charge on any atom is -0.126 e. The van der Waals surface area contributed by atoms with Crippen LogP contribution in [0.3, 0.4) is 0 Å². The van der Waals surface area contributed by atoms with Crippen LogP contribution in [0.1, 0.15) is 12.5 Å². The Bertz CT molecular complexity index is 245. The van der Waals surface area contributed by atoms with Gasteiger partial charge in [-0.1, -0.05) is 18.5 Å². The van der Waals surface area contributed by atoms with E-state index in [1.54, 1.807) is 0 Å². The van der Waals surface area contributed by atoms with Crippen molar-refractivity contribution in [3.8, 4) is 0 Å². The summed E-state index contributed by atoms with van der Waals surface area (Å²) < 4.78 is 0. The van der Waals surface area contributed by atoms with Crippen molar-refractivity contribution in [1.29, 1.82) is 0 Å². The van der Waals surface area contributed by atoms with E-state index in [0.29, 0.717) is 0 Å². The predicted octanol–water partition coefficient (Wildman–Crippen LogP) is 3.76. The highest BCUT2D eigenvalue weighted by atomic mass is 35.5. The molecular weight excluding hydrogens is 176 g/mol. The first-order valence-corrected chi connectivity index (χ1v) is 4.99. The van der Waals surface area contributed by atoms with E-state index in [4.69, 9.17) is 11.6 Å². The van der Waals surface area contributed by atoms with E-state index in [0.717, 1.165) is 16.3 Å². The standard InChI is InChI=1S/C9H11ClS/c1-3-11-8-4-5-9(10)7(2)6-8/h4-6H,3H2,1-2H3. The molecule has 0 saturated carbocycles. The molecule has 11 heavy (non-hydrogen) atoms. The van der Waals surface area contributed by atoms with E-state index < -0.39 is 0 Å². The van der Waals surface area contributed by atoms with Gasteiger partial charge in [0.2, 0.25) is 0 Å². The first-order valence-electron chi connectivity index (χ1n) is 3.63. The molecule has 0 fully saturated rings. The van der Waals surface area contributed by atoms with Crippen molar-refractivity contribution in [3.63, 3.8) is 0 Å². The molecule has 0 aliphatic heterocycles. The molecule has 0 heterocycles. The van der Waals surface area contributed by atoms with Crippen LogP contribution in [0.25, 0.3) is 0 Å². The lowest BCUT2D eigenvalue weighted by atomic mass is 10.2. The van der Waals surface area contributed by atoms with Crippen LogP contribution in [0.4, 0.5) is 0 Å². The van der Waals surface area contributed by atoms with E-state index in [-0.39, 0.29) is 0 Å². The zero-order chi connectivity index (χ0) is 8.27. The van der Waals surface area contributed by atoms with Crippen LogP contribution in [0, 0.1) is 6.92 Å². The average Bonchev–Trinajstić information content (AvgIpc) is 1.98. The highest BCUT2D eigenvalue weighted by Gasteiger charge is 1.95. The van der Waals surface area contributed by atoms with Gasteiger partial charge >= 0.3 is 0 Å². The summed E-state index contributed by atoms with van der Waals surface area (Å²) in [4.78, 5) is 1.30. The van der Waals surface area contributed by atoms with Gasteiger partial charge in [-0.25, -0.2) is 0 Å². The molecule has 0 aliphatic rings.